The molecule has 130 valence electrons. The Balaban J connectivity index is 0.00000288. The predicted octanol–water partition coefficient (Wildman–Crippen LogP) is 4.13. The summed E-state index contributed by atoms with van der Waals surface area (Å²) in [5.74, 6) is 0.631. The first-order valence-electron chi connectivity index (χ1n) is 7.52. The van der Waals surface area contributed by atoms with E-state index in [1.54, 1.807) is 0 Å². The highest BCUT2D eigenvalue weighted by Crippen LogP contribution is 2.20. The SMILES string of the molecule is CNCC(C)C(=O)Nc1ccc(OCc2ccccc2Cl)cc1.Cl. The van der Waals surface area contributed by atoms with Crippen molar-refractivity contribution >= 4 is 35.6 Å². The third kappa shape index (κ3) is 6.04. The Kier molecular flexibility index (Phi) is 8.61. The zero-order chi connectivity index (χ0) is 16.7. The first-order valence-corrected chi connectivity index (χ1v) is 7.89. The van der Waals surface area contributed by atoms with Gasteiger partial charge >= 0.3 is 0 Å². The van der Waals surface area contributed by atoms with Crippen molar-refractivity contribution in [3.8, 4) is 5.75 Å². The van der Waals surface area contributed by atoms with E-state index >= 15 is 0 Å². The smallest absolute Gasteiger partial charge is 0.228 e. The van der Waals surface area contributed by atoms with Gasteiger partial charge < -0.3 is 15.4 Å². The molecule has 6 heteroatoms. The van der Waals surface area contributed by atoms with E-state index in [0.717, 1.165) is 17.0 Å². The topological polar surface area (TPSA) is 50.4 Å². The molecular weight excluding hydrogens is 347 g/mol. The molecule has 0 aromatic heterocycles. The molecule has 0 saturated carbocycles. The Labute approximate surface area is 154 Å². The van der Waals surface area contributed by atoms with Gasteiger partial charge in [0.15, 0.2) is 0 Å². The number of benzene rings is 2. The number of carbonyl (C=O) groups excluding carboxylic acids is 1. The van der Waals surface area contributed by atoms with Crippen LogP contribution in [-0.4, -0.2) is 19.5 Å². The predicted molar refractivity (Wildman–Crippen MR) is 101 cm³/mol. The van der Waals surface area contributed by atoms with Gasteiger partial charge in [-0.2, -0.15) is 0 Å². The number of hydrogen-bond donors (Lipinski definition) is 2. The highest BCUT2D eigenvalue weighted by molar-refractivity contribution is 6.31. The van der Waals surface area contributed by atoms with Gasteiger partial charge in [-0.05, 0) is 37.4 Å². The summed E-state index contributed by atoms with van der Waals surface area (Å²) in [6.45, 7) is 2.93. The average Bonchev–Trinajstić information content (AvgIpc) is 2.55. The zero-order valence-electron chi connectivity index (χ0n) is 13.7. The van der Waals surface area contributed by atoms with Crippen LogP contribution in [-0.2, 0) is 11.4 Å². The van der Waals surface area contributed by atoms with E-state index < -0.39 is 0 Å². The van der Waals surface area contributed by atoms with Gasteiger partial charge in [0.25, 0.3) is 0 Å². The summed E-state index contributed by atoms with van der Waals surface area (Å²) in [5, 5.41) is 6.56. The first kappa shape index (κ1) is 20.3. The fourth-order valence-electron chi connectivity index (χ4n) is 2.08. The Morgan fingerprint density at radius 1 is 1.17 bits per heavy atom. The second kappa shape index (κ2) is 10.2. The minimum absolute atomic E-state index is 0. The monoisotopic (exact) mass is 368 g/mol. The molecule has 0 fully saturated rings. The number of ether oxygens (including phenoxy) is 1. The fourth-order valence-corrected chi connectivity index (χ4v) is 2.27. The summed E-state index contributed by atoms with van der Waals surface area (Å²) in [6, 6.07) is 14.9. The maximum absolute atomic E-state index is 11.9. The number of anilines is 1. The summed E-state index contributed by atoms with van der Waals surface area (Å²) in [7, 11) is 1.83. The van der Waals surface area contributed by atoms with Crippen LogP contribution >= 0.6 is 24.0 Å². The zero-order valence-corrected chi connectivity index (χ0v) is 15.3. The van der Waals surface area contributed by atoms with Gasteiger partial charge in [0, 0.05) is 28.7 Å². The number of hydrogen-bond acceptors (Lipinski definition) is 3. The molecule has 2 aromatic rings. The van der Waals surface area contributed by atoms with Crippen LogP contribution in [0.15, 0.2) is 48.5 Å². The molecule has 2 rings (SSSR count). The standard InChI is InChI=1S/C18H21ClN2O2.ClH/c1-13(11-20-2)18(22)21-15-7-9-16(10-8-15)23-12-14-5-3-4-6-17(14)19;/h3-10,13,20H,11-12H2,1-2H3,(H,21,22);1H. The minimum Gasteiger partial charge on any atom is -0.489 e. The second-order valence-corrected chi connectivity index (χ2v) is 5.76. The van der Waals surface area contributed by atoms with Crippen LogP contribution in [0.2, 0.25) is 5.02 Å². The number of carbonyl (C=O) groups is 1. The number of amides is 1. The summed E-state index contributed by atoms with van der Waals surface area (Å²) < 4.78 is 5.71. The molecule has 0 saturated heterocycles. The molecule has 0 spiro atoms. The lowest BCUT2D eigenvalue weighted by Crippen LogP contribution is -2.28. The van der Waals surface area contributed by atoms with Crippen LogP contribution in [0, 0.1) is 5.92 Å². The van der Waals surface area contributed by atoms with Gasteiger partial charge in [-0.3, -0.25) is 4.79 Å². The molecule has 0 aliphatic heterocycles. The van der Waals surface area contributed by atoms with E-state index in [0.29, 0.717) is 18.2 Å². The fraction of sp³-hybridized carbons (Fsp3) is 0.278. The summed E-state index contributed by atoms with van der Waals surface area (Å²) in [6.07, 6.45) is 0. The summed E-state index contributed by atoms with van der Waals surface area (Å²) in [4.78, 5) is 11.9. The van der Waals surface area contributed by atoms with Crippen LogP contribution in [0.4, 0.5) is 5.69 Å². The number of halogens is 2. The van der Waals surface area contributed by atoms with Gasteiger partial charge in [0.05, 0.1) is 0 Å². The summed E-state index contributed by atoms with van der Waals surface area (Å²) in [5.41, 5.74) is 1.69. The van der Waals surface area contributed by atoms with E-state index in [1.165, 1.54) is 0 Å². The Morgan fingerprint density at radius 3 is 2.46 bits per heavy atom. The summed E-state index contributed by atoms with van der Waals surface area (Å²) >= 11 is 6.10. The maximum Gasteiger partial charge on any atom is 0.228 e. The van der Waals surface area contributed by atoms with E-state index in [4.69, 9.17) is 16.3 Å². The van der Waals surface area contributed by atoms with Gasteiger partial charge in [-0.15, -0.1) is 12.4 Å². The highest BCUT2D eigenvalue weighted by atomic mass is 35.5. The van der Waals surface area contributed by atoms with Crippen molar-refractivity contribution < 1.29 is 9.53 Å². The van der Waals surface area contributed by atoms with Gasteiger partial charge in [-0.1, -0.05) is 36.7 Å². The van der Waals surface area contributed by atoms with Crippen LogP contribution in [0.5, 0.6) is 5.75 Å². The average molecular weight is 369 g/mol. The first-order chi connectivity index (χ1) is 11.1. The molecule has 0 aliphatic rings. The molecule has 2 aromatic carbocycles. The molecule has 1 unspecified atom stereocenters. The normalized spacial score (nSPS) is 11.3. The van der Waals surface area contributed by atoms with Gasteiger partial charge in [0.1, 0.15) is 12.4 Å². The lowest BCUT2D eigenvalue weighted by atomic mass is 10.1. The van der Waals surface area contributed by atoms with Crippen LogP contribution in [0.25, 0.3) is 0 Å². The third-order valence-corrected chi connectivity index (χ3v) is 3.80. The van der Waals surface area contributed by atoms with Crippen LogP contribution in [0.3, 0.4) is 0 Å². The highest BCUT2D eigenvalue weighted by Gasteiger charge is 2.11. The lowest BCUT2D eigenvalue weighted by molar-refractivity contribution is -0.119. The third-order valence-electron chi connectivity index (χ3n) is 3.43. The van der Waals surface area contributed by atoms with Crippen molar-refractivity contribution in [2.75, 3.05) is 18.9 Å². The van der Waals surface area contributed by atoms with Crippen molar-refractivity contribution in [3.63, 3.8) is 0 Å². The van der Waals surface area contributed by atoms with E-state index in [2.05, 4.69) is 10.6 Å². The molecule has 0 heterocycles. The quantitative estimate of drug-likeness (QED) is 0.772. The van der Waals surface area contributed by atoms with Crippen molar-refractivity contribution in [3.05, 3.63) is 59.1 Å². The van der Waals surface area contributed by atoms with Crippen molar-refractivity contribution in [1.29, 1.82) is 0 Å². The molecule has 0 radical (unpaired) electrons. The molecule has 2 N–H and O–H groups in total. The minimum atomic E-state index is -0.0869. The number of rotatable bonds is 7. The molecular formula is C18H22Cl2N2O2. The van der Waals surface area contributed by atoms with E-state index in [9.17, 15) is 4.79 Å². The van der Waals surface area contributed by atoms with Crippen molar-refractivity contribution in [2.45, 2.75) is 13.5 Å². The lowest BCUT2D eigenvalue weighted by Gasteiger charge is -2.12. The van der Waals surface area contributed by atoms with E-state index in [-0.39, 0.29) is 24.2 Å². The van der Waals surface area contributed by atoms with Crippen molar-refractivity contribution in [1.82, 2.24) is 5.32 Å². The van der Waals surface area contributed by atoms with E-state index in [1.807, 2.05) is 62.5 Å². The van der Waals surface area contributed by atoms with Crippen LogP contribution in [0.1, 0.15) is 12.5 Å². The molecule has 4 nitrogen and oxygen atoms in total. The largest absolute Gasteiger partial charge is 0.489 e. The molecule has 0 bridgehead atoms. The van der Waals surface area contributed by atoms with Crippen LogP contribution < -0.4 is 15.4 Å². The number of nitrogens with one attached hydrogen (secondary N) is 2. The Hall–Kier alpha value is -1.75. The molecule has 1 amide bonds. The molecule has 1 atom stereocenters. The van der Waals surface area contributed by atoms with Gasteiger partial charge in [-0.25, -0.2) is 0 Å². The Bertz CT molecular complexity index is 648. The Morgan fingerprint density at radius 2 is 1.83 bits per heavy atom. The molecule has 0 aliphatic carbocycles. The maximum atomic E-state index is 11.9. The van der Waals surface area contributed by atoms with Crippen molar-refractivity contribution in [2.24, 2.45) is 5.92 Å². The van der Waals surface area contributed by atoms with Gasteiger partial charge in [0.2, 0.25) is 5.91 Å². The second-order valence-electron chi connectivity index (χ2n) is 5.35. The molecule has 24 heavy (non-hydrogen) atoms.